The second kappa shape index (κ2) is 8.68. The molecule has 1 fully saturated rings. The van der Waals surface area contributed by atoms with Crippen LogP contribution in [0.2, 0.25) is 0 Å². The fourth-order valence-corrected chi connectivity index (χ4v) is 5.32. The van der Waals surface area contributed by atoms with Gasteiger partial charge in [0.15, 0.2) is 12.4 Å². The standard InChI is InChI=1S/C22H24N2O6S/c1-2-29-17-4-6-18(7-5-17)31(27,28)24-11-9-15(10-12-24)22(26)16-3-8-20-19(13-16)23-21(25)14-30-20/h3-8,13,15H,2,9-12,14H2,1H3,(H,23,25). The van der Waals surface area contributed by atoms with Crippen molar-refractivity contribution in [2.45, 2.75) is 24.7 Å². The number of ether oxygens (including phenoxy) is 2. The van der Waals surface area contributed by atoms with Gasteiger partial charge in [0.1, 0.15) is 11.5 Å². The number of hydrogen-bond donors (Lipinski definition) is 1. The maximum atomic E-state index is 13.0. The number of anilines is 1. The average molecular weight is 445 g/mol. The van der Waals surface area contributed by atoms with E-state index in [2.05, 4.69) is 5.32 Å². The van der Waals surface area contributed by atoms with Gasteiger partial charge in [0, 0.05) is 24.6 Å². The number of amides is 1. The molecule has 2 aromatic rings. The van der Waals surface area contributed by atoms with Crippen LogP contribution in [0.15, 0.2) is 47.4 Å². The van der Waals surface area contributed by atoms with Crippen molar-refractivity contribution in [3.8, 4) is 11.5 Å². The Morgan fingerprint density at radius 2 is 1.87 bits per heavy atom. The molecule has 0 aromatic heterocycles. The van der Waals surface area contributed by atoms with Gasteiger partial charge in [-0.05, 0) is 62.2 Å². The number of ketones is 1. The Morgan fingerprint density at radius 3 is 2.55 bits per heavy atom. The van der Waals surface area contributed by atoms with E-state index in [1.165, 1.54) is 4.31 Å². The zero-order valence-corrected chi connectivity index (χ0v) is 18.0. The van der Waals surface area contributed by atoms with E-state index in [4.69, 9.17) is 9.47 Å². The molecular weight excluding hydrogens is 420 g/mol. The summed E-state index contributed by atoms with van der Waals surface area (Å²) in [6, 6.07) is 11.4. The number of piperidine rings is 1. The van der Waals surface area contributed by atoms with Crippen molar-refractivity contribution in [2.75, 3.05) is 31.6 Å². The summed E-state index contributed by atoms with van der Waals surface area (Å²) in [6.45, 7) is 2.89. The Labute approximate surface area is 181 Å². The molecule has 8 nitrogen and oxygen atoms in total. The molecule has 0 unspecified atom stereocenters. The number of fused-ring (bicyclic) bond motifs is 1. The zero-order chi connectivity index (χ0) is 22.0. The molecule has 31 heavy (non-hydrogen) atoms. The normalized spacial score (nSPS) is 17.4. The third-order valence-corrected chi connectivity index (χ3v) is 7.41. The van der Waals surface area contributed by atoms with Crippen molar-refractivity contribution in [3.05, 3.63) is 48.0 Å². The van der Waals surface area contributed by atoms with Gasteiger partial charge in [0.05, 0.1) is 17.2 Å². The number of benzene rings is 2. The molecule has 0 atom stereocenters. The molecule has 2 aliphatic heterocycles. The molecule has 164 valence electrons. The van der Waals surface area contributed by atoms with Crippen molar-refractivity contribution in [2.24, 2.45) is 5.92 Å². The number of Topliss-reactive ketones (excluding diaryl/α,β-unsaturated/α-hetero) is 1. The van der Waals surface area contributed by atoms with Crippen LogP contribution in [0.25, 0.3) is 0 Å². The van der Waals surface area contributed by atoms with Crippen molar-refractivity contribution >= 4 is 27.4 Å². The van der Waals surface area contributed by atoms with Gasteiger partial charge in [-0.2, -0.15) is 4.31 Å². The molecule has 1 saturated heterocycles. The summed E-state index contributed by atoms with van der Waals surface area (Å²) < 4.78 is 38.0. The van der Waals surface area contributed by atoms with Gasteiger partial charge in [-0.3, -0.25) is 9.59 Å². The average Bonchev–Trinajstić information content (AvgIpc) is 2.79. The van der Waals surface area contributed by atoms with Crippen molar-refractivity contribution in [3.63, 3.8) is 0 Å². The predicted molar refractivity (Wildman–Crippen MR) is 114 cm³/mol. The summed E-state index contributed by atoms with van der Waals surface area (Å²) in [5.74, 6) is 0.570. The molecule has 0 bridgehead atoms. The van der Waals surface area contributed by atoms with E-state index in [9.17, 15) is 18.0 Å². The molecule has 9 heteroatoms. The van der Waals surface area contributed by atoms with E-state index in [1.54, 1.807) is 42.5 Å². The van der Waals surface area contributed by atoms with E-state index in [0.29, 0.717) is 42.2 Å². The lowest BCUT2D eigenvalue weighted by molar-refractivity contribution is -0.118. The second-order valence-electron chi connectivity index (χ2n) is 7.49. The van der Waals surface area contributed by atoms with Gasteiger partial charge in [0.2, 0.25) is 10.0 Å². The quantitative estimate of drug-likeness (QED) is 0.688. The van der Waals surface area contributed by atoms with Crippen LogP contribution in [0, 0.1) is 5.92 Å². The lowest BCUT2D eigenvalue weighted by Gasteiger charge is -2.30. The fraction of sp³-hybridized carbons (Fsp3) is 0.364. The third kappa shape index (κ3) is 4.42. The number of carbonyl (C=O) groups is 2. The first-order valence-corrected chi connectivity index (χ1v) is 11.7. The molecule has 2 heterocycles. The Kier molecular flexibility index (Phi) is 5.97. The minimum Gasteiger partial charge on any atom is -0.494 e. The largest absolute Gasteiger partial charge is 0.494 e. The van der Waals surface area contributed by atoms with Gasteiger partial charge >= 0.3 is 0 Å². The van der Waals surface area contributed by atoms with Gasteiger partial charge < -0.3 is 14.8 Å². The van der Waals surface area contributed by atoms with Crippen LogP contribution in [0.1, 0.15) is 30.1 Å². The maximum absolute atomic E-state index is 13.0. The molecule has 1 N–H and O–H groups in total. The summed E-state index contributed by atoms with van der Waals surface area (Å²) in [6.07, 6.45) is 0.879. The number of nitrogens with one attached hydrogen (secondary N) is 1. The van der Waals surface area contributed by atoms with Crippen LogP contribution in [-0.2, 0) is 14.8 Å². The molecular formula is C22H24N2O6S. The molecule has 0 aliphatic carbocycles. The van der Waals surface area contributed by atoms with Gasteiger partial charge in [0.25, 0.3) is 5.91 Å². The Bertz CT molecular complexity index is 1090. The Morgan fingerprint density at radius 1 is 1.16 bits per heavy atom. The van der Waals surface area contributed by atoms with Crippen LogP contribution in [0.3, 0.4) is 0 Å². The summed E-state index contributed by atoms with van der Waals surface area (Å²) in [4.78, 5) is 24.7. The van der Waals surface area contributed by atoms with Crippen LogP contribution >= 0.6 is 0 Å². The summed E-state index contributed by atoms with van der Waals surface area (Å²) in [7, 11) is -3.62. The zero-order valence-electron chi connectivity index (χ0n) is 17.2. The Balaban J connectivity index is 1.41. The highest BCUT2D eigenvalue weighted by molar-refractivity contribution is 7.89. The SMILES string of the molecule is CCOc1ccc(S(=O)(=O)N2CCC(C(=O)c3ccc4c(c3)NC(=O)CO4)CC2)cc1. The predicted octanol–water partition coefficient (Wildman–Crippen LogP) is 2.70. The molecule has 4 rings (SSSR count). The highest BCUT2D eigenvalue weighted by atomic mass is 32.2. The minimum absolute atomic E-state index is 0.0401. The lowest BCUT2D eigenvalue weighted by atomic mass is 9.89. The number of hydrogen-bond acceptors (Lipinski definition) is 6. The molecule has 0 radical (unpaired) electrons. The minimum atomic E-state index is -3.62. The number of carbonyl (C=O) groups excluding carboxylic acids is 2. The summed E-state index contributed by atoms with van der Waals surface area (Å²) in [5, 5.41) is 2.70. The van der Waals surface area contributed by atoms with Crippen molar-refractivity contribution < 1.29 is 27.5 Å². The second-order valence-corrected chi connectivity index (χ2v) is 9.43. The smallest absolute Gasteiger partial charge is 0.262 e. The van der Waals surface area contributed by atoms with Gasteiger partial charge in [-0.15, -0.1) is 0 Å². The van der Waals surface area contributed by atoms with Crippen molar-refractivity contribution in [1.82, 2.24) is 4.31 Å². The molecule has 2 aromatic carbocycles. The highest BCUT2D eigenvalue weighted by Crippen LogP contribution is 2.32. The van der Waals surface area contributed by atoms with Crippen LogP contribution in [0.5, 0.6) is 11.5 Å². The van der Waals surface area contributed by atoms with E-state index in [-0.39, 0.29) is 42.2 Å². The highest BCUT2D eigenvalue weighted by Gasteiger charge is 2.33. The van der Waals surface area contributed by atoms with Crippen LogP contribution in [0.4, 0.5) is 5.69 Å². The van der Waals surface area contributed by atoms with E-state index in [1.807, 2.05) is 6.92 Å². The fourth-order valence-electron chi connectivity index (χ4n) is 3.85. The van der Waals surface area contributed by atoms with E-state index < -0.39 is 10.0 Å². The van der Waals surface area contributed by atoms with E-state index in [0.717, 1.165) is 0 Å². The van der Waals surface area contributed by atoms with Crippen molar-refractivity contribution in [1.29, 1.82) is 0 Å². The van der Waals surface area contributed by atoms with E-state index >= 15 is 0 Å². The first-order chi connectivity index (χ1) is 14.9. The summed E-state index contributed by atoms with van der Waals surface area (Å²) in [5.41, 5.74) is 0.968. The molecule has 1 amide bonds. The molecule has 0 saturated carbocycles. The Hall–Kier alpha value is -2.91. The molecule has 2 aliphatic rings. The van der Waals surface area contributed by atoms with Gasteiger partial charge in [-0.1, -0.05) is 0 Å². The number of rotatable bonds is 6. The first kappa shape index (κ1) is 21.3. The number of nitrogens with zero attached hydrogens (tertiary/aromatic N) is 1. The van der Waals surface area contributed by atoms with Crippen LogP contribution < -0.4 is 14.8 Å². The number of sulfonamides is 1. The van der Waals surface area contributed by atoms with Crippen LogP contribution in [-0.4, -0.2) is 50.7 Å². The topological polar surface area (TPSA) is 102 Å². The summed E-state index contributed by atoms with van der Waals surface area (Å²) >= 11 is 0. The maximum Gasteiger partial charge on any atom is 0.262 e. The first-order valence-electron chi connectivity index (χ1n) is 10.2. The molecule has 0 spiro atoms. The van der Waals surface area contributed by atoms with Gasteiger partial charge in [-0.25, -0.2) is 8.42 Å². The monoisotopic (exact) mass is 444 g/mol. The third-order valence-electron chi connectivity index (χ3n) is 5.49. The lowest BCUT2D eigenvalue weighted by Crippen LogP contribution is -2.40.